The van der Waals surface area contributed by atoms with E-state index in [-0.39, 0.29) is 12.5 Å². The van der Waals surface area contributed by atoms with Gasteiger partial charge in [0.05, 0.1) is 13.2 Å². The average Bonchev–Trinajstić information content (AvgIpc) is 2.52. The zero-order chi connectivity index (χ0) is 16.7. The Hall–Kier alpha value is -2.20. The standard InChI is InChI=1S/C18H21ClN2O2/c1-13(2)12-23-17-8-6-15(7-9-17)21-18(22)11-20-16-5-3-4-14(19)10-16/h3-10,13,20H,11-12H2,1-2H3,(H,21,22). The number of amides is 1. The van der Waals surface area contributed by atoms with E-state index in [4.69, 9.17) is 16.3 Å². The minimum Gasteiger partial charge on any atom is -0.493 e. The first-order chi connectivity index (χ1) is 11.0. The minimum absolute atomic E-state index is 0.124. The third-order valence-corrected chi connectivity index (χ3v) is 3.23. The molecule has 23 heavy (non-hydrogen) atoms. The van der Waals surface area contributed by atoms with Crippen LogP contribution in [0.2, 0.25) is 5.02 Å². The number of carbonyl (C=O) groups excluding carboxylic acids is 1. The predicted octanol–water partition coefficient (Wildman–Crippen LogP) is 4.43. The SMILES string of the molecule is CC(C)COc1ccc(NC(=O)CNc2cccc(Cl)c2)cc1. The minimum atomic E-state index is -0.124. The molecule has 5 heteroatoms. The van der Waals surface area contributed by atoms with Crippen LogP contribution < -0.4 is 15.4 Å². The van der Waals surface area contributed by atoms with E-state index in [0.717, 1.165) is 17.1 Å². The Bertz CT molecular complexity index is 642. The number of ether oxygens (including phenoxy) is 1. The van der Waals surface area contributed by atoms with E-state index in [1.165, 1.54) is 0 Å². The van der Waals surface area contributed by atoms with Crippen molar-refractivity contribution in [1.29, 1.82) is 0 Å². The van der Waals surface area contributed by atoms with Gasteiger partial charge in [0.1, 0.15) is 5.75 Å². The van der Waals surface area contributed by atoms with Gasteiger partial charge >= 0.3 is 0 Å². The number of hydrogen-bond acceptors (Lipinski definition) is 3. The van der Waals surface area contributed by atoms with Crippen LogP contribution >= 0.6 is 11.6 Å². The number of benzene rings is 2. The van der Waals surface area contributed by atoms with Crippen LogP contribution in [0.4, 0.5) is 11.4 Å². The second-order valence-electron chi connectivity index (χ2n) is 5.64. The van der Waals surface area contributed by atoms with Crippen molar-refractivity contribution in [3.63, 3.8) is 0 Å². The number of halogens is 1. The number of anilines is 2. The summed E-state index contributed by atoms with van der Waals surface area (Å²) >= 11 is 5.90. The highest BCUT2D eigenvalue weighted by molar-refractivity contribution is 6.30. The van der Waals surface area contributed by atoms with E-state index in [9.17, 15) is 4.79 Å². The van der Waals surface area contributed by atoms with Crippen molar-refractivity contribution in [2.75, 3.05) is 23.8 Å². The van der Waals surface area contributed by atoms with Crippen molar-refractivity contribution in [2.45, 2.75) is 13.8 Å². The smallest absolute Gasteiger partial charge is 0.243 e. The summed E-state index contributed by atoms with van der Waals surface area (Å²) in [6.07, 6.45) is 0. The zero-order valence-electron chi connectivity index (χ0n) is 13.3. The summed E-state index contributed by atoms with van der Waals surface area (Å²) in [5.74, 6) is 1.15. The lowest BCUT2D eigenvalue weighted by Gasteiger charge is -2.10. The molecule has 1 amide bonds. The Morgan fingerprint density at radius 2 is 1.87 bits per heavy atom. The van der Waals surface area contributed by atoms with Crippen LogP contribution in [-0.4, -0.2) is 19.1 Å². The van der Waals surface area contributed by atoms with Gasteiger partial charge < -0.3 is 15.4 Å². The Morgan fingerprint density at radius 3 is 2.52 bits per heavy atom. The van der Waals surface area contributed by atoms with E-state index in [1.807, 2.05) is 36.4 Å². The predicted molar refractivity (Wildman–Crippen MR) is 95.3 cm³/mol. The fourth-order valence-corrected chi connectivity index (χ4v) is 2.07. The molecule has 122 valence electrons. The van der Waals surface area contributed by atoms with Crippen molar-refractivity contribution < 1.29 is 9.53 Å². The lowest BCUT2D eigenvalue weighted by atomic mass is 10.2. The third-order valence-electron chi connectivity index (χ3n) is 3.00. The van der Waals surface area contributed by atoms with E-state index in [0.29, 0.717) is 17.5 Å². The first-order valence-electron chi connectivity index (χ1n) is 7.55. The maximum Gasteiger partial charge on any atom is 0.243 e. The van der Waals surface area contributed by atoms with E-state index >= 15 is 0 Å². The molecule has 0 saturated carbocycles. The van der Waals surface area contributed by atoms with Crippen LogP contribution in [-0.2, 0) is 4.79 Å². The van der Waals surface area contributed by atoms with Crippen molar-refractivity contribution in [3.05, 3.63) is 53.6 Å². The number of rotatable bonds is 7. The molecule has 0 aliphatic heterocycles. The molecule has 0 saturated heterocycles. The second-order valence-corrected chi connectivity index (χ2v) is 6.08. The lowest BCUT2D eigenvalue weighted by molar-refractivity contribution is -0.114. The fraction of sp³-hybridized carbons (Fsp3) is 0.278. The number of nitrogens with one attached hydrogen (secondary N) is 2. The fourth-order valence-electron chi connectivity index (χ4n) is 1.88. The van der Waals surface area contributed by atoms with Crippen LogP contribution in [0.25, 0.3) is 0 Å². The summed E-state index contributed by atoms with van der Waals surface area (Å²) in [6, 6.07) is 14.6. The largest absolute Gasteiger partial charge is 0.493 e. The summed E-state index contributed by atoms with van der Waals surface area (Å²) in [5.41, 5.74) is 1.55. The van der Waals surface area contributed by atoms with Crippen molar-refractivity contribution in [3.8, 4) is 5.75 Å². The third kappa shape index (κ3) is 6.20. The number of carbonyl (C=O) groups is 1. The average molecular weight is 333 g/mol. The molecule has 0 radical (unpaired) electrons. The molecule has 0 fully saturated rings. The van der Waals surface area contributed by atoms with Gasteiger partial charge in [0.15, 0.2) is 0 Å². The van der Waals surface area contributed by atoms with Gasteiger partial charge in [-0.1, -0.05) is 31.5 Å². The summed E-state index contributed by atoms with van der Waals surface area (Å²) in [5, 5.41) is 6.49. The molecular formula is C18H21ClN2O2. The second kappa shape index (κ2) is 8.44. The van der Waals surface area contributed by atoms with Crippen LogP contribution in [0.15, 0.2) is 48.5 Å². The summed E-state index contributed by atoms with van der Waals surface area (Å²) in [6.45, 7) is 5.05. The summed E-state index contributed by atoms with van der Waals surface area (Å²) in [7, 11) is 0. The highest BCUT2D eigenvalue weighted by Crippen LogP contribution is 2.17. The van der Waals surface area contributed by atoms with Crippen molar-refractivity contribution >= 4 is 28.9 Å². The molecule has 0 spiro atoms. The molecule has 0 aliphatic rings. The molecule has 0 atom stereocenters. The molecule has 2 aromatic carbocycles. The monoisotopic (exact) mass is 332 g/mol. The molecule has 4 nitrogen and oxygen atoms in total. The quantitative estimate of drug-likeness (QED) is 0.788. The van der Waals surface area contributed by atoms with Crippen LogP contribution in [0, 0.1) is 5.92 Å². The maximum absolute atomic E-state index is 11.9. The van der Waals surface area contributed by atoms with Gasteiger partial charge in [0.25, 0.3) is 0 Å². The summed E-state index contributed by atoms with van der Waals surface area (Å²) in [4.78, 5) is 11.9. The Balaban J connectivity index is 1.80. The molecule has 0 aromatic heterocycles. The maximum atomic E-state index is 11.9. The molecule has 2 aromatic rings. The van der Waals surface area contributed by atoms with Crippen LogP contribution in [0.1, 0.15) is 13.8 Å². The van der Waals surface area contributed by atoms with Crippen molar-refractivity contribution in [2.24, 2.45) is 5.92 Å². The molecule has 0 bridgehead atoms. The molecule has 2 N–H and O–H groups in total. The Morgan fingerprint density at radius 1 is 1.13 bits per heavy atom. The van der Waals surface area contributed by atoms with Gasteiger partial charge in [-0.05, 0) is 48.4 Å². The van der Waals surface area contributed by atoms with Gasteiger partial charge in [-0.2, -0.15) is 0 Å². The molecule has 0 heterocycles. The Labute approximate surface area is 141 Å². The molecular weight excluding hydrogens is 312 g/mol. The highest BCUT2D eigenvalue weighted by atomic mass is 35.5. The molecule has 0 unspecified atom stereocenters. The topological polar surface area (TPSA) is 50.4 Å². The lowest BCUT2D eigenvalue weighted by Crippen LogP contribution is -2.21. The van der Waals surface area contributed by atoms with Gasteiger partial charge in [0, 0.05) is 16.4 Å². The normalized spacial score (nSPS) is 10.4. The molecule has 0 aliphatic carbocycles. The van der Waals surface area contributed by atoms with Crippen molar-refractivity contribution in [1.82, 2.24) is 0 Å². The highest BCUT2D eigenvalue weighted by Gasteiger charge is 2.03. The Kier molecular flexibility index (Phi) is 6.29. The van der Waals surface area contributed by atoms with E-state index in [2.05, 4.69) is 24.5 Å². The summed E-state index contributed by atoms with van der Waals surface area (Å²) < 4.78 is 5.61. The van der Waals surface area contributed by atoms with Gasteiger partial charge in [-0.15, -0.1) is 0 Å². The van der Waals surface area contributed by atoms with Crippen LogP contribution in [0.3, 0.4) is 0 Å². The van der Waals surface area contributed by atoms with E-state index in [1.54, 1.807) is 12.1 Å². The first-order valence-corrected chi connectivity index (χ1v) is 7.93. The zero-order valence-corrected chi connectivity index (χ0v) is 14.1. The van der Waals surface area contributed by atoms with E-state index < -0.39 is 0 Å². The first kappa shape index (κ1) is 17.2. The van der Waals surface area contributed by atoms with Gasteiger partial charge in [-0.25, -0.2) is 0 Å². The van der Waals surface area contributed by atoms with Gasteiger partial charge in [0.2, 0.25) is 5.91 Å². The van der Waals surface area contributed by atoms with Crippen LogP contribution in [0.5, 0.6) is 5.75 Å². The van der Waals surface area contributed by atoms with Gasteiger partial charge in [-0.3, -0.25) is 4.79 Å². The number of hydrogen-bond donors (Lipinski definition) is 2. The molecule has 2 rings (SSSR count).